The molecular weight excluding hydrogens is 258 g/mol. The first-order valence-electron chi connectivity index (χ1n) is 8.63. The Bertz CT molecular complexity index is 425. The summed E-state index contributed by atoms with van der Waals surface area (Å²) in [4.78, 5) is 9.79. The summed E-state index contributed by atoms with van der Waals surface area (Å²) >= 11 is 0. The quantitative estimate of drug-likeness (QED) is 0.900. The van der Waals surface area contributed by atoms with E-state index in [9.17, 15) is 0 Å². The van der Waals surface area contributed by atoms with Crippen LogP contribution in [-0.4, -0.2) is 23.6 Å². The molecule has 118 valence electrons. The Labute approximate surface area is 130 Å². The molecule has 0 amide bonds. The van der Waals surface area contributed by atoms with E-state index in [4.69, 9.17) is 9.97 Å². The van der Waals surface area contributed by atoms with Gasteiger partial charge < -0.3 is 5.32 Å². The van der Waals surface area contributed by atoms with Gasteiger partial charge in [-0.25, -0.2) is 9.97 Å². The molecule has 1 unspecified atom stereocenters. The van der Waals surface area contributed by atoms with E-state index in [-0.39, 0.29) is 0 Å². The zero-order valence-electron chi connectivity index (χ0n) is 14.2. The summed E-state index contributed by atoms with van der Waals surface area (Å²) in [6, 6.07) is 0. The molecule has 1 N–H and O–H groups in total. The van der Waals surface area contributed by atoms with E-state index in [1.807, 2.05) is 7.05 Å². The van der Waals surface area contributed by atoms with Gasteiger partial charge in [0, 0.05) is 23.9 Å². The normalized spacial score (nSPS) is 19.0. The molecule has 1 fully saturated rings. The first-order chi connectivity index (χ1) is 10.1. The Kier molecular flexibility index (Phi) is 6.16. The molecule has 0 saturated heterocycles. The molecule has 1 atom stereocenters. The van der Waals surface area contributed by atoms with Crippen LogP contribution in [0.5, 0.6) is 0 Å². The Morgan fingerprint density at radius 2 is 1.52 bits per heavy atom. The summed E-state index contributed by atoms with van der Waals surface area (Å²) in [7, 11) is 2.00. The summed E-state index contributed by atoms with van der Waals surface area (Å²) in [6.45, 7) is 7.55. The third-order valence-electron chi connectivity index (χ3n) is 4.82. The highest BCUT2D eigenvalue weighted by Crippen LogP contribution is 2.30. The van der Waals surface area contributed by atoms with Gasteiger partial charge in [0.05, 0.1) is 0 Å². The SMILES string of the molecule is CNCC(C)c1c(C)nc(C2CCCCCCC2)nc1C. The molecule has 1 saturated carbocycles. The third kappa shape index (κ3) is 4.26. The molecular formula is C18H31N3. The van der Waals surface area contributed by atoms with Crippen LogP contribution in [0.1, 0.15) is 86.5 Å². The van der Waals surface area contributed by atoms with Crippen LogP contribution in [0.15, 0.2) is 0 Å². The molecule has 0 bridgehead atoms. The van der Waals surface area contributed by atoms with E-state index in [1.165, 1.54) is 61.9 Å². The standard InChI is InChI=1S/C18H31N3/c1-13(12-19-4)17-14(2)20-18(21-15(17)3)16-10-8-6-5-7-9-11-16/h13,16,19H,5-12H2,1-4H3. The second-order valence-corrected chi connectivity index (χ2v) is 6.67. The van der Waals surface area contributed by atoms with E-state index in [0.29, 0.717) is 11.8 Å². The maximum absolute atomic E-state index is 4.89. The fourth-order valence-corrected chi connectivity index (χ4v) is 3.77. The van der Waals surface area contributed by atoms with E-state index in [2.05, 4.69) is 26.1 Å². The highest BCUT2D eigenvalue weighted by Gasteiger charge is 2.20. The lowest BCUT2D eigenvalue weighted by atomic mass is 9.90. The summed E-state index contributed by atoms with van der Waals surface area (Å²) in [5.41, 5.74) is 3.70. The molecule has 3 nitrogen and oxygen atoms in total. The van der Waals surface area contributed by atoms with E-state index >= 15 is 0 Å². The number of nitrogens with one attached hydrogen (secondary N) is 1. The van der Waals surface area contributed by atoms with E-state index in [0.717, 1.165) is 12.4 Å². The van der Waals surface area contributed by atoms with Crippen molar-refractivity contribution in [3.63, 3.8) is 0 Å². The number of aromatic nitrogens is 2. The highest BCUT2D eigenvalue weighted by atomic mass is 14.9. The van der Waals surface area contributed by atoms with Crippen LogP contribution in [0.2, 0.25) is 0 Å². The average Bonchev–Trinajstić information content (AvgIpc) is 2.37. The van der Waals surface area contributed by atoms with Crippen LogP contribution >= 0.6 is 0 Å². The molecule has 21 heavy (non-hydrogen) atoms. The van der Waals surface area contributed by atoms with Gasteiger partial charge in [-0.2, -0.15) is 0 Å². The number of nitrogens with zero attached hydrogens (tertiary/aromatic N) is 2. The topological polar surface area (TPSA) is 37.8 Å². The van der Waals surface area contributed by atoms with Gasteiger partial charge in [-0.05, 0) is 45.2 Å². The third-order valence-corrected chi connectivity index (χ3v) is 4.82. The average molecular weight is 289 g/mol. The lowest BCUT2D eigenvalue weighted by Gasteiger charge is -2.22. The summed E-state index contributed by atoms with van der Waals surface area (Å²) in [6.07, 6.45) is 9.38. The molecule has 2 rings (SSSR count). The van der Waals surface area contributed by atoms with Crippen LogP contribution < -0.4 is 5.32 Å². The van der Waals surface area contributed by atoms with Gasteiger partial charge >= 0.3 is 0 Å². The minimum Gasteiger partial charge on any atom is -0.319 e. The molecule has 0 spiro atoms. The number of rotatable bonds is 4. The second kappa shape index (κ2) is 7.88. The molecule has 0 radical (unpaired) electrons. The smallest absolute Gasteiger partial charge is 0.131 e. The van der Waals surface area contributed by atoms with Gasteiger partial charge in [0.25, 0.3) is 0 Å². The number of hydrogen-bond acceptors (Lipinski definition) is 3. The van der Waals surface area contributed by atoms with Crippen molar-refractivity contribution in [1.29, 1.82) is 0 Å². The predicted octanol–water partition coefficient (Wildman–Crippen LogP) is 4.24. The fraction of sp³-hybridized carbons (Fsp3) is 0.778. The van der Waals surface area contributed by atoms with Gasteiger partial charge in [-0.1, -0.05) is 39.0 Å². The monoisotopic (exact) mass is 289 g/mol. The minimum absolute atomic E-state index is 0.474. The van der Waals surface area contributed by atoms with Crippen molar-refractivity contribution in [2.75, 3.05) is 13.6 Å². The van der Waals surface area contributed by atoms with Crippen LogP contribution in [-0.2, 0) is 0 Å². The fourth-order valence-electron chi connectivity index (χ4n) is 3.77. The maximum Gasteiger partial charge on any atom is 0.131 e. The molecule has 0 aliphatic heterocycles. The first-order valence-corrected chi connectivity index (χ1v) is 8.63. The predicted molar refractivity (Wildman–Crippen MR) is 88.9 cm³/mol. The van der Waals surface area contributed by atoms with Crippen molar-refractivity contribution in [3.05, 3.63) is 22.8 Å². The molecule has 0 aromatic carbocycles. The van der Waals surface area contributed by atoms with Crippen molar-refractivity contribution >= 4 is 0 Å². The zero-order valence-corrected chi connectivity index (χ0v) is 14.2. The Balaban J connectivity index is 2.21. The van der Waals surface area contributed by atoms with Crippen LogP contribution in [0.3, 0.4) is 0 Å². The van der Waals surface area contributed by atoms with Gasteiger partial charge in [0.2, 0.25) is 0 Å². The van der Waals surface area contributed by atoms with Crippen molar-refractivity contribution < 1.29 is 0 Å². The number of aryl methyl sites for hydroxylation is 2. The number of likely N-dealkylation sites (N-methyl/N-ethyl adjacent to an activating group) is 1. The van der Waals surface area contributed by atoms with Gasteiger partial charge in [0.15, 0.2) is 0 Å². The molecule has 1 aromatic rings. The molecule has 1 aromatic heterocycles. The zero-order chi connectivity index (χ0) is 15.2. The molecule has 1 aliphatic rings. The largest absolute Gasteiger partial charge is 0.319 e. The Morgan fingerprint density at radius 3 is 2.05 bits per heavy atom. The highest BCUT2D eigenvalue weighted by molar-refractivity contribution is 5.29. The second-order valence-electron chi connectivity index (χ2n) is 6.67. The molecule has 3 heteroatoms. The van der Waals surface area contributed by atoms with Crippen molar-refractivity contribution in [3.8, 4) is 0 Å². The van der Waals surface area contributed by atoms with Gasteiger partial charge in [0.1, 0.15) is 5.82 Å². The lowest BCUT2D eigenvalue weighted by Crippen LogP contribution is -2.19. The first kappa shape index (κ1) is 16.4. The lowest BCUT2D eigenvalue weighted by molar-refractivity contribution is 0.440. The molecule has 1 heterocycles. The summed E-state index contributed by atoms with van der Waals surface area (Å²) in [5.74, 6) is 2.16. The van der Waals surface area contributed by atoms with E-state index in [1.54, 1.807) is 0 Å². The maximum atomic E-state index is 4.89. The van der Waals surface area contributed by atoms with Crippen molar-refractivity contribution in [2.24, 2.45) is 0 Å². The Hall–Kier alpha value is -0.960. The summed E-state index contributed by atoms with van der Waals surface area (Å²) < 4.78 is 0. The van der Waals surface area contributed by atoms with Crippen LogP contribution in [0, 0.1) is 13.8 Å². The van der Waals surface area contributed by atoms with E-state index < -0.39 is 0 Å². The molecule has 1 aliphatic carbocycles. The summed E-state index contributed by atoms with van der Waals surface area (Å²) in [5, 5.41) is 3.26. The minimum atomic E-state index is 0.474. The van der Waals surface area contributed by atoms with Crippen LogP contribution in [0.25, 0.3) is 0 Å². The van der Waals surface area contributed by atoms with Crippen molar-refractivity contribution in [1.82, 2.24) is 15.3 Å². The number of hydrogen-bond donors (Lipinski definition) is 1. The van der Waals surface area contributed by atoms with Gasteiger partial charge in [-0.3, -0.25) is 0 Å². The Morgan fingerprint density at radius 1 is 1.00 bits per heavy atom. The van der Waals surface area contributed by atoms with Crippen LogP contribution in [0.4, 0.5) is 0 Å². The van der Waals surface area contributed by atoms with Gasteiger partial charge in [-0.15, -0.1) is 0 Å². The van der Waals surface area contributed by atoms with Crippen molar-refractivity contribution in [2.45, 2.75) is 77.6 Å².